The number of halogens is 2. The fraction of sp³-hybridized carbons (Fsp3) is 0.385. The van der Waals surface area contributed by atoms with Gasteiger partial charge in [0.1, 0.15) is 0 Å². The first-order valence-electron chi connectivity index (χ1n) is 5.87. The maximum atomic E-state index is 11.9. The van der Waals surface area contributed by atoms with Crippen molar-refractivity contribution < 1.29 is 9.59 Å². The number of amides is 1. The molecule has 5 heteroatoms. The number of fused-ring (bicyclic) bond motifs is 1. The summed E-state index contributed by atoms with van der Waals surface area (Å²) in [4.78, 5) is 25.3. The highest BCUT2D eigenvalue weighted by atomic mass is 79.9. The molecule has 0 unspecified atom stereocenters. The minimum Gasteiger partial charge on any atom is -0.305 e. The molecular weight excluding hydrogens is 362 g/mol. The van der Waals surface area contributed by atoms with Gasteiger partial charge in [0.25, 0.3) is 11.7 Å². The largest absolute Gasteiger partial charge is 0.305 e. The number of carbonyl (C=O) groups excluding carboxylic acids is 2. The second kappa shape index (κ2) is 5.97. The summed E-state index contributed by atoms with van der Waals surface area (Å²) in [6, 6.07) is 5.33. The van der Waals surface area contributed by atoms with Gasteiger partial charge in [0.05, 0.1) is 11.3 Å². The van der Waals surface area contributed by atoms with Gasteiger partial charge in [-0.1, -0.05) is 38.3 Å². The average Bonchev–Trinajstić information content (AvgIpc) is 2.59. The van der Waals surface area contributed by atoms with Crippen LogP contribution >= 0.6 is 31.9 Å². The van der Waals surface area contributed by atoms with Gasteiger partial charge in [0.2, 0.25) is 0 Å². The smallest absolute Gasteiger partial charge is 0.299 e. The van der Waals surface area contributed by atoms with Crippen LogP contribution in [0.15, 0.2) is 22.7 Å². The van der Waals surface area contributed by atoms with E-state index in [9.17, 15) is 9.59 Å². The summed E-state index contributed by atoms with van der Waals surface area (Å²) in [7, 11) is 0. The standard InChI is InChI=1S/C13H13Br2NO2/c14-6-2-1-3-7-16-11-8-9(15)4-5-10(11)12(17)13(16)18/h4-5,8H,1-3,6-7H2. The number of hydrogen-bond acceptors (Lipinski definition) is 2. The average molecular weight is 375 g/mol. The number of rotatable bonds is 5. The van der Waals surface area contributed by atoms with Crippen molar-refractivity contribution in [1.82, 2.24) is 0 Å². The zero-order valence-corrected chi connectivity index (χ0v) is 13.0. The van der Waals surface area contributed by atoms with Crippen LogP contribution in [0, 0.1) is 0 Å². The lowest BCUT2D eigenvalue weighted by molar-refractivity contribution is -0.114. The number of anilines is 1. The summed E-state index contributed by atoms with van der Waals surface area (Å²) < 4.78 is 0.884. The van der Waals surface area contributed by atoms with E-state index in [-0.39, 0.29) is 0 Å². The van der Waals surface area contributed by atoms with Crippen molar-refractivity contribution in [2.45, 2.75) is 19.3 Å². The highest BCUT2D eigenvalue weighted by molar-refractivity contribution is 9.10. The molecule has 0 aliphatic carbocycles. The number of Topliss-reactive ketones (excluding diaryl/α,β-unsaturated/α-hetero) is 1. The molecule has 1 aliphatic rings. The summed E-state index contributed by atoms with van der Waals surface area (Å²) in [5.41, 5.74) is 1.25. The summed E-state index contributed by atoms with van der Waals surface area (Å²) in [5, 5.41) is 0.974. The van der Waals surface area contributed by atoms with E-state index in [0.717, 1.165) is 34.8 Å². The van der Waals surface area contributed by atoms with E-state index >= 15 is 0 Å². The summed E-state index contributed by atoms with van der Waals surface area (Å²) in [6.07, 6.45) is 3.05. The minimum atomic E-state index is -0.401. The van der Waals surface area contributed by atoms with Crippen LogP contribution in [0.2, 0.25) is 0 Å². The van der Waals surface area contributed by atoms with Crippen molar-refractivity contribution in [3.05, 3.63) is 28.2 Å². The number of nitrogens with zero attached hydrogens (tertiary/aromatic N) is 1. The molecular formula is C13H13Br2NO2. The Morgan fingerprint density at radius 2 is 1.89 bits per heavy atom. The van der Waals surface area contributed by atoms with Crippen LogP contribution in [0.3, 0.4) is 0 Å². The monoisotopic (exact) mass is 373 g/mol. The number of hydrogen-bond donors (Lipinski definition) is 0. The molecule has 0 bridgehead atoms. The Bertz CT molecular complexity index is 488. The second-order valence-electron chi connectivity index (χ2n) is 4.20. The van der Waals surface area contributed by atoms with Crippen molar-refractivity contribution in [1.29, 1.82) is 0 Å². The molecule has 0 atom stereocenters. The molecule has 1 aromatic rings. The Balaban J connectivity index is 2.14. The van der Waals surface area contributed by atoms with Crippen LogP contribution in [-0.4, -0.2) is 23.6 Å². The summed E-state index contributed by atoms with van der Waals surface area (Å²) in [6.45, 7) is 0.612. The van der Waals surface area contributed by atoms with Gasteiger partial charge in [0, 0.05) is 16.3 Å². The fourth-order valence-corrected chi connectivity index (χ4v) is 2.78. The molecule has 0 saturated carbocycles. The van der Waals surface area contributed by atoms with E-state index in [1.807, 2.05) is 6.07 Å². The zero-order valence-electron chi connectivity index (χ0n) is 9.79. The van der Waals surface area contributed by atoms with Gasteiger partial charge in [-0.15, -0.1) is 0 Å². The molecule has 3 nitrogen and oxygen atoms in total. The lowest BCUT2D eigenvalue weighted by Gasteiger charge is -2.16. The van der Waals surface area contributed by atoms with Crippen molar-refractivity contribution in [2.75, 3.05) is 16.8 Å². The third-order valence-electron chi connectivity index (χ3n) is 2.95. The lowest BCUT2D eigenvalue weighted by Crippen LogP contribution is -2.30. The minimum absolute atomic E-state index is 0.391. The first-order valence-corrected chi connectivity index (χ1v) is 7.78. The van der Waals surface area contributed by atoms with E-state index in [1.165, 1.54) is 0 Å². The molecule has 0 spiro atoms. The Hall–Kier alpha value is -0.680. The van der Waals surface area contributed by atoms with Crippen molar-refractivity contribution in [3.63, 3.8) is 0 Å². The summed E-state index contributed by atoms with van der Waals surface area (Å²) in [5.74, 6) is -0.792. The number of alkyl halides is 1. The number of carbonyl (C=O) groups is 2. The molecule has 1 heterocycles. The zero-order chi connectivity index (χ0) is 13.1. The second-order valence-corrected chi connectivity index (χ2v) is 5.91. The third-order valence-corrected chi connectivity index (χ3v) is 4.00. The van der Waals surface area contributed by atoms with Crippen molar-refractivity contribution >= 4 is 49.2 Å². The third kappa shape index (κ3) is 2.67. The van der Waals surface area contributed by atoms with Gasteiger partial charge in [-0.3, -0.25) is 9.59 Å². The van der Waals surface area contributed by atoms with E-state index in [0.29, 0.717) is 12.1 Å². The van der Waals surface area contributed by atoms with Gasteiger partial charge < -0.3 is 4.90 Å². The molecule has 0 radical (unpaired) electrons. The van der Waals surface area contributed by atoms with Gasteiger partial charge in [0.15, 0.2) is 0 Å². The Morgan fingerprint density at radius 1 is 1.11 bits per heavy atom. The number of benzene rings is 1. The van der Waals surface area contributed by atoms with Crippen molar-refractivity contribution in [3.8, 4) is 0 Å². The van der Waals surface area contributed by atoms with Crippen LogP contribution in [0.4, 0.5) is 5.69 Å². The quantitative estimate of drug-likeness (QED) is 0.449. The van der Waals surface area contributed by atoms with Crippen LogP contribution < -0.4 is 4.90 Å². The SMILES string of the molecule is O=C1C(=O)N(CCCCCBr)c2cc(Br)ccc21. The fourth-order valence-electron chi connectivity index (χ4n) is 2.03. The lowest BCUT2D eigenvalue weighted by atomic mass is 10.1. The van der Waals surface area contributed by atoms with Crippen LogP contribution in [-0.2, 0) is 4.79 Å². The highest BCUT2D eigenvalue weighted by Crippen LogP contribution is 2.31. The van der Waals surface area contributed by atoms with Gasteiger partial charge in [-0.2, -0.15) is 0 Å². The Morgan fingerprint density at radius 3 is 2.61 bits per heavy atom. The molecule has 96 valence electrons. The first-order chi connectivity index (χ1) is 8.65. The number of ketones is 1. The Labute approximate surface area is 123 Å². The maximum Gasteiger partial charge on any atom is 0.299 e. The van der Waals surface area contributed by atoms with Gasteiger partial charge in [-0.05, 0) is 31.0 Å². The first kappa shape index (κ1) is 13.7. The molecule has 0 fully saturated rings. The van der Waals surface area contributed by atoms with Crippen LogP contribution in [0.5, 0.6) is 0 Å². The Kier molecular flexibility index (Phi) is 4.56. The van der Waals surface area contributed by atoms with Crippen molar-refractivity contribution in [2.24, 2.45) is 0 Å². The predicted octanol–water partition coefficient (Wildman–Crippen LogP) is 3.54. The van der Waals surface area contributed by atoms with E-state index in [4.69, 9.17) is 0 Å². The molecule has 1 aliphatic heterocycles. The molecule has 1 amide bonds. The van der Waals surface area contributed by atoms with Crippen LogP contribution in [0.25, 0.3) is 0 Å². The van der Waals surface area contributed by atoms with E-state index < -0.39 is 11.7 Å². The highest BCUT2D eigenvalue weighted by Gasteiger charge is 2.35. The van der Waals surface area contributed by atoms with Gasteiger partial charge in [-0.25, -0.2) is 0 Å². The normalized spacial score (nSPS) is 14.2. The molecule has 0 saturated heterocycles. The van der Waals surface area contributed by atoms with Gasteiger partial charge >= 0.3 is 0 Å². The molecule has 0 aromatic heterocycles. The van der Waals surface area contributed by atoms with E-state index in [2.05, 4.69) is 31.9 Å². The maximum absolute atomic E-state index is 11.9. The topological polar surface area (TPSA) is 37.4 Å². The number of unbranched alkanes of at least 4 members (excludes halogenated alkanes) is 2. The molecule has 1 aromatic carbocycles. The molecule has 2 rings (SSSR count). The predicted molar refractivity (Wildman–Crippen MR) is 78.5 cm³/mol. The summed E-state index contributed by atoms with van der Waals surface area (Å²) >= 11 is 6.75. The van der Waals surface area contributed by atoms with E-state index in [1.54, 1.807) is 17.0 Å². The molecule has 18 heavy (non-hydrogen) atoms. The van der Waals surface area contributed by atoms with Crippen LogP contribution in [0.1, 0.15) is 29.6 Å². The molecule has 0 N–H and O–H groups in total.